The van der Waals surface area contributed by atoms with E-state index in [1.165, 1.54) is 24.5 Å². The number of fused-ring (bicyclic) bond motifs is 1. The molecule has 198 valence electrons. The number of nitrogens with one attached hydrogen (secondary N) is 1. The number of amides is 1. The number of hydrogen-bond donors (Lipinski definition) is 2. The van der Waals surface area contributed by atoms with Crippen molar-refractivity contribution in [3.05, 3.63) is 42.5 Å². The van der Waals surface area contributed by atoms with Crippen molar-refractivity contribution in [1.82, 2.24) is 9.97 Å². The highest BCUT2D eigenvalue weighted by Crippen LogP contribution is 2.44. The van der Waals surface area contributed by atoms with Gasteiger partial charge in [-0.3, -0.25) is 4.90 Å². The number of phenols is 1. The lowest BCUT2D eigenvalue weighted by Gasteiger charge is -2.35. The summed E-state index contributed by atoms with van der Waals surface area (Å²) in [7, 11) is 1.54. The fourth-order valence-electron chi connectivity index (χ4n) is 5.18. The van der Waals surface area contributed by atoms with E-state index in [0.717, 1.165) is 25.7 Å². The Hall–Kier alpha value is -3.62. The molecule has 9 heteroatoms. The van der Waals surface area contributed by atoms with Crippen LogP contribution in [0.15, 0.2) is 36.7 Å². The zero-order valence-electron chi connectivity index (χ0n) is 22.0. The van der Waals surface area contributed by atoms with Gasteiger partial charge in [-0.2, -0.15) is 0 Å². The molecule has 8 nitrogen and oxygen atoms in total. The Morgan fingerprint density at radius 3 is 2.68 bits per heavy atom. The van der Waals surface area contributed by atoms with Gasteiger partial charge in [0, 0.05) is 17.4 Å². The van der Waals surface area contributed by atoms with E-state index < -0.39 is 23.3 Å². The Labute approximate surface area is 216 Å². The second kappa shape index (κ2) is 10.8. The number of hydrogen-bond acceptors (Lipinski definition) is 7. The molecule has 4 rings (SSSR count). The van der Waals surface area contributed by atoms with Crippen LogP contribution in [0.2, 0.25) is 0 Å². The topological polar surface area (TPSA) is 96.8 Å². The number of carbonyl (C=O) groups excluding carboxylic acids is 1. The number of methoxy groups -OCH3 is 1. The van der Waals surface area contributed by atoms with Crippen LogP contribution in [0.1, 0.15) is 53.4 Å². The molecule has 0 bridgehead atoms. The van der Waals surface area contributed by atoms with Crippen LogP contribution in [0.25, 0.3) is 10.9 Å². The lowest BCUT2D eigenvalue weighted by Crippen LogP contribution is -2.42. The molecule has 3 aromatic rings. The number of aromatic hydroxyl groups is 1. The summed E-state index contributed by atoms with van der Waals surface area (Å²) in [5, 5.41) is 13.3. The predicted octanol–water partition coefficient (Wildman–Crippen LogP) is 6.79. The first-order valence-corrected chi connectivity index (χ1v) is 12.8. The van der Waals surface area contributed by atoms with E-state index >= 15 is 0 Å². The zero-order valence-corrected chi connectivity index (χ0v) is 22.0. The molecule has 2 N–H and O–H groups in total. The van der Waals surface area contributed by atoms with Gasteiger partial charge in [0.15, 0.2) is 11.6 Å². The molecule has 0 aliphatic carbocycles. The monoisotopic (exact) mass is 510 g/mol. The summed E-state index contributed by atoms with van der Waals surface area (Å²) in [6.07, 6.45) is 4.48. The molecule has 1 amide bonds. The number of halogens is 1. The Morgan fingerprint density at radius 2 is 2.00 bits per heavy atom. The molecular weight excluding hydrogens is 475 g/mol. The molecule has 2 heterocycles. The third kappa shape index (κ3) is 5.12. The molecule has 0 spiro atoms. The van der Waals surface area contributed by atoms with Crippen molar-refractivity contribution in [2.24, 2.45) is 11.8 Å². The van der Waals surface area contributed by atoms with E-state index in [9.17, 15) is 14.3 Å². The largest absolute Gasteiger partial charge is 0.505 e. The summed E-state index contributed by atoms with van der Waals surface area (Å²) >= 11 is 0. The van der Waals surface area contributed by atoms with Gasteiger partial charge in [0.05, 0.1) is 30.5 Å². The zero-order chi connectivity index (χ0) is 26.7. The van der Waals surface area contributed by atoms with E-state index in [1.54, 1.807) is 24.1 Å². The van der Waals surface area contributed by atoms with E-state index in [1.807, 2.05) is 0 Å². The third-order valence-corrected chi connectivity index (χ3v) is 7.27. The van der Waals surface area contributed by atoms with Crippen molar-refractivity contribution in [3.8, 4) is 11.5 Å². The number of cyclic esters (lactones) is 1. The van der Waals surface area contributed by atoms with Crippen molar-refractivity contribution < 1.29 is 23.8 Å². The van der Waals surface area contributed by atoms with Crippen molar-refractivity contribution in [3.63, 3.8) is 0 Å². The van der Waals surface area contributed by atoms with Crippen LogP contribution in [-0.2, 0) is 4.74 Å². The first-order valence-electron chi connectivity index (χ1n) is 12.8. The third-order valence-electron chi connectivity index (χ3n) is 7.27. The smallest absolute Gasteiger partial charge is 0.415 e. The normalized spacial score (nSPS) is 17.6. The van der Waals surface area contributed by atoms with Crippen molar-refractivity contribution >= 4 is 34.2 Å². The Balaban J connectivity index is 1.78. The Bertz CT molecular complexity index is 1280. The molecule has 37 heavy (non-hydrogen) atoms. The SMILES string of the molecule is CCC(CC)C1(CCC(C)C)CN(c2cc3c(Nc4cccc(O)c4F)ncnc3cc2OC)C(=O)O1. The lowest BCUT2D eigenvalue weighted by molar-refractivity contribution is -0.00817. The molecular formula is C28H35FN4O4. The minimum Gasteiger partial charge on any atom is -0.505 e. The first kappa shape index (κ1) is 26.4. The molecule has 1 saturated heterocycles. The fraction of sp³-hybridized carbons (Fsp3) is 0.464. The summed E-state index contributed by atoms with van der Waals surface area (Å²) in [5.74, 6) is 0.258. The highest BCUT2D eigenvalue weighted by atomic mass is 19.1. The maximum Gasteiger partial charge on any atom is 0.415 e. The van der Waals surface area contributed by atoms with Gasteiger partial charge in [-0.1, -0.05) is 33.8 Å². The van der Waals surface area contributed by atoms with Gasteiger partial charge in [0.25, 0.3) is 0 Å². The van der Waals surface area contributed by atoms with Crippen LogP contribution in [0.3, 0.4) is 0 Å². The van der Waals surface area contributed by atoms with Gasteiger partial charge in [-0.15, -0.1) is 0 Å². The van der Waals surface area contributed by atoms with E-state index in [0.29, 0.717) is 40.6 Å². The first-order chi connectivity index (χ1) is 17.7. The van der Waals surface area contributed by atoms with Gasteiger partial charge < -0.3 is 19.9 Å². The summed E-state index contributed by atoms with van der Waals surface area (Å²) < 4.78 is 26.3. The summed E-state index contributed by atoms with van der Waals surface area (Å²) in [5.41, 5.74) is 0.562. The molecule has 1 aliphatic rings. The van der Waals surface area contributed by atoms with Gasteiger partial charge in [0.1, 0.15) is 23.5 Å². The number of carbonyl (C=O) groups is 1. The standard InChI is InChI=1S/C28H35FN4O4/c1-6-18(7-2)28(12-11-17(3)4)15-33(27(35)37-28)22-13-19-21(14-24(22)36-5)30-16-31-26(19)32-20-9-8-10-23(34)25(20)29/h8-10,13-14,16-18,34H,6-7,11-12,15H2,1-5H3,(H,30,31,32). The van der Waals surface area contributed by atoms with E-state index in [2.05, 4.69) is 43.0 Å². The van der Waals surface area contributed by atoms with Crippen LogP contribution in [0.5, 0.6) is 11.5 Å². The molecule has 1 unspecified atom stereocenters. The molecule has 1 aliphatic heterocycles. The molecule has 1 aromatic heterocycles. The van der Waals surface area contributed by atoms with Gasteiger partial charge in [0.2, 0.25) is 0 Å². The van der Waals surface area contributed by atoms with Crippen LogP contribution < -0.4 is 15.0 Å². The van der Waals surface area contributed by atoms with Gasteiger partial charge in [-0.25, -0.2) is 19.2 Å². The average molecular weight is 511 g/mol. The summed E-state index contributed by atoms with van der Waals surface area (Å²) in [6, 6.07) is 7.81. The Kier molecular flexibility index (Phi) is 7.71. The van der Waals surface area contributed by atoms with Gasteiger partial charge in [-0.05, 0) is 49.8 Å². The van der Waals surface area contributed by atoms with Crippen molar-refractivity contribution in [1.29, 1.82) is 0 Å². The molecule has 2 aromatic carbocycles. The van der Waals surface area contributed by atoms with Crippen molar-refractivity contribution in [2.75, 3.05) is 23.9 Å². The quantitative estimate of drug-likeness (QED) is 0.310. The van der Waals surface area contributed by atoms with E-state index in [4.69, 9.17) is 9.47 Å². The average Bonchev–Trinajstić information content (AvgIpc) is 3.22. The van der Waals surface area contributed by atoms with E-state index in [-0.39, 0.29) is 11.6 Å². The van der Waals surface area contributed by atoms with Crippen LogP contribution >= 0.6 is 0 Å². The number of nitrogens with zero attached hydrogens (tertiary/aromatic N) is 3. The molecule has 0 radical (unpaired) electrons. The second-order valence-electron chi connectivity index (χ2n) is 9.99. The second-order valence-corrected chi connectivity index (χ2v) is 9.99. The van der Waals surface area contributed by atoms with Crippen LogP contribution in [0.4, 0.5) is 26.4 Å². The van der Waals surface area contributed by atoms with Crippen LogP contribution in [-0.4, -0.2) is 40.4 Å². The van der Waals surface area contributed by atoms with Crippen molar-refractivity contribution in [2.45, 2.75) is 59.0 Å². The highest BCUT2D eigenvalue weighted by molar-refractivity contribution is 6.00. The van der Waals surface area contributed by atoms with Crippen LogP contribution in [0, 0.1) is 17.7 Å². The number of aromatic nitrogens is 2. The minimum atomic E-state index is -0.786. The highest BCUT2D eigenvalue weighted by Gasteiger charge is 2.50. The summed E-state index contributed by atoms with van der Waals surface area (Å²) in [4.78, 5) is 23.6. The lowest BCUT2D eigenvalue weighted by atomic mass is 9.78. The number of anilines is 3. The maximum atomic E-state index is 14.5. The summed E-state index contributed by atoms with van der Waals surface area (Å²) in [6.45, 7) is 9.02. The molecule has 1 fully saturated rings. The number of benzene rings is 2. The molecule has 0 saturated carbocycles. The predicted molar refractivity (Wildman–Crippen MR) is 142 cm³/mol. The number of phenolic OH excluding ortho intramolecular Hbond substituents is 1. The Morgan fingerprint density at radius 1 is 1.24 bits per heavy atom. The molecule has 1 atom stereocenters. The number of rotatable bonds is 10. The fourth-order valence-corrected chi connectivity index (χ4v) is 5.18. The maximum absolute atomic E-state index is 14.5. The minimum absolute atomic E-state index is 0.0689. The number of ether oxygens (including phenoxy) is 2. The van der Waals surface area contributed by atoms with Gasteiger partial charge >= 0.3 is 6.09 Å².